The number of halogens is 1. The van der Waals surface area contributed by atoms with Crippen LogP contribution < -0.4 is 5.32 Å². The molecule has 1 saturated carbocycles. The highest BCUT2D eigenvalue weighted by atomic mass is 19.1. The molecule has 1 aromatic carbocycles. The lowest BCUT2D eigenvalue weighted by Gasteiger charge is -2.30. The average Bonchev–Trinajstić information content (AvgIpc) is 2.43. The first-order chi connectivity index (χ1) is 9.20. The van der Waals surface area contributed by atoms with Crippen molar-refractivity contribution in [2.24, 2.45) is 11.8 Å². The number of aromatic hydroxyl groups is 1. The van der Waals surface area contributed by atoms with E-state index in [9.17, 15) is 9.50 Å². The molecule has 19 heavy (non-hydrogen) atoms. The molecule has 1 aliphatic carbocycles. The first-order valence-corrected chi connectivity index (χ1v) is 6.99. The monoisotopic (exact) mass is 267 g/mol. The first-order valence-electron chi connectivity index (χ1n) is 6.99. The summed E-state index contributed by atoms with van der Waals surface area (Å²) >= 11 is 0. The molecule has 2 atom stereocenters. The highest BCUT2D eigenvalue weighted by Gasteiger charge is 2.23. The van der Waals surface area contributed by atoms with E-state index in [2.05, 4.69) is 5.32 Å². The molecule has 0 aliphatic heterocycles. The number of benzene rings is 1. The van der Waals surface area contributed by atoms with Crippen molar-refractivity contribution in [1.29, 1.82) is 0 Å². The molecule has 0 aromatic heterocycles. The Morgan fingerprint density at radius 2 is 1.95 bits per heavy atom. The zero-order valence-corrected chi connectivity index (χ0v) is 11.1. The van der Waals surface area contributed by atoms with Gasteiger partial charge in [0.2, 0.25) is 0 Å². The van der Waals surface area contributed by atoms with Crippen LogP contribution in [0.2, 0.25) is 0 Å². The van der Waals surface area contributed by atoms with Crippen LogP contribution >= 0.6 is 0 Å². The second kappa shape index (κ2) is 6.87. The molecular formula is C15H22FNO2. The van der Waals surface area contributed by atoms with Crippen molar-refractivity contribution in [3.05, 3.63) is 29.6 Å². The number of rotatable bonds is 5. The molecule has 0 heterocycles. The van der Waals surface area contributed by atoms with Crippen LogP contribution in [0.1, 0.15) is 31.2 Å². The van der Waals surface area contributed by atoms with Crippen molar-refractivity contribution in [1.82, 2.24) is 5.32 Å². The van der Waals surface area contributed by atoms with Crippen LogP contribution in [0.5, 0.6) is 5.75 Å². The van der Waals surface area contributed by atoms with Gasteiger partial charge in [-0.1, -0.05) is 18.9 Å². The zero-order valence-electron chi connectivity index (χ0n) is 11.1. The predicted octanol–water partition coefficient (Wildman–Crippen LogP) is 2.42. The molecule has 1 fully saturated rings. The summed E-state index contributed by atoms with van der Waals surface area (Å²) in [5.74, 6) is 0.0279. The summed E-state index contributed by atoms with van der Waals surface area (Å²) in [6.45, 7) is 1.71. The average molecular weight is 267 g/mol. The van der Waals surface area contributed by atoms with Gasteiger partial charge in [-0.2, -0.15) is 0 Å². The quantitative estimate of drug-likeness (QED) is 0.768. The molecule has 0 saturated heterocycles. The van der Waals surface area contributed by atoms with E-state index >= 15 is 0 Å². The molecule has 1 aliphatic rings. The van der Waals surface area contributed by atoms with Gasteiger partial charge in [0.25, 0.3) is 0 Å². The second-order valence-corrected chi connectivity index (χ2v) is 5.40. The van der Waals surface area contributed by atoms with E-state index in [1.54, 1.807) is 6.07 Å². The molecule has 0 amide bonds. The fraction of sp³-hybridized carbons (Fsp3) is 0.600. The van der Waals surface area contributed by atoms with E-state index in [-0.39, 0.29) is 12.4 Å². The lowest BCUT2D eigenvalue weighted by Crippen LogP contribution is -2.32. The van der Waals surface area contributed by atoms with Crippen molar-refractivity contribution in [2.75, 3.05) is 13.2 Å². The molecule has 1 aromatic rings. The van der Waals surface area contributed by atoms with E-state index in [4.69, 9.17) is 5.11 Å². The van der Waals surface area contributed by atoms with Crippen LogP contribution in [-0.4, -0.2) is 23.4 Å². The van der Waals surface area contributed by atoms with Gasteiger partial charge in [-0.15, -0.1) is 0 Å². The van der Waals surface area contributed by atoms with Gasteiger partial charge in [0.05, 0.1) is 0 Å². The summed E-state index contributed by atoms with van der Waals surface area (Å²) in [6, 6.07) is 4.45. The molecule has 4 heteroatoms. The topological polar surface area (TPSA) is 52.5 Å². The van der Waals surface area contributed by atoms with E-state index in [0.717, 1.165) is 24.9 Å². The summed E-state index contributed by atoms with van der Waals surface area (Å²) in [5.41, 5.74) is 0.826. The maximum Gasteiger partial charge on any atom is 0.165 e. The number of nitrogens with one attached hydrogen (secondary N) is 1. The predicted molar refractivity (Wildman–Crippen MR) is 72.3 cm³/mol. The maximum atomic E-state index is 13.2. The van der Waals surface area contributed by atoms with Crippen LogP contribution in [0, 0.1) is 17.7 Å². The van der Waals surface area contributed by atoms with Gasteiger partial charge in [0.15, 0.2) is 11.6 Å². The Hall–Kier alpha value is -1.13. The summed E-state index contributed by atoms with van der Waals surface area (Å²) in [7, 11) is 0. The zero-order chi connectivity index (χ0) is 13.7. The van der Waals surface area contributed by atoms with Crippen LogP contribution in [0.3, 0.4) is 0 Å². The van der Waals surface area contributed by atoms with E-state index in [0.29, 0.717) is 18.4 Å². The van der Waals surface area contributed by atoms with Crippen molar-refractivity contribution in [2.45, 2.75) is 32.2 Å². The van der Waals surface area contributed by atoms with Crippen LogP contribution in [-0.2, 0) is 6.54 Å². The number of hydrogen-bond acceptors (Lipinski definition) is 3. The van der Waals surface area contributed by atoms with Crippen molar-refractivity contribution < 1.29 is 14.6 Å². The summed E-state index contributed by atoms with van der Waals surface area (Å²) < 4.78 is 13.2. The Balaban J connectivity index is 1.80. The van der Waals surface area contributed by atoms with Crippen molar-refractivity contribution in [3.8, 4) is 5.75 Å². The number of phenols is 1. The molecular weight excluding hydrogens is 245 g/mol. The lowest BCUT2D eigenvalue weighted by molar-refractivity contribution is 0.133. The highest BCUT2D eigenvalue weighted by Crippen LogP contribution is 2.29. The Labute approximate surface area is 113 Å². The fourth-order valence-corrected chi connectivity index (χ4v) is 2.86. The lowest BCUT2D eigenvalue weighted by atomic mass is 9.79. The third-order valence-corrected chi connectivity index (χ3v) is 4.05. The van der Waals surface area contributed by atoms with Crippen molar-refractivity contribution in [3.63, 3.8) is 0 Å². The van der Waals surface area contributed by atoms with Gasteiger partial charge >= 0.3 is 0 Å². The van der Waals surface area contributed by atoms with E-state index < -0.39 is 5.82 Å². The van der Waals surface area contributed by atoms with E-state index in [1.807, 2.05) is 0 Å². The third kappa shape index (κ3) is 3.91. The minimum Gasteiger partial charge on any atom is -0.505 e. The van der Waals surface area contributed by atoms with Crippen LogP contribution in [0.15, 0.2) is 18.2 Å². The van der Waals surface area contributed by atoms with Crippen LogP contribution in [0.25, 0.3) is 0 Å². The van der Waals surface area contributed by atoms with Gasteiger partial charge in [0.1, 0.15) is 0 Å². The van der Waals surface area contributed by atoms with Gasteiger partial charge in [-0.25, -0.2) is 4.39 Å². The summed E-state index contributed by atoms with van der Waals surface area (Å²) in [5, 5.41) is 21.8. The molecule has 3 N–H and O–H groups in total. The molecule has 0 bridgehead atoms. The Bertz CT molecular complexity index is 411. The second-order valence-electron chi connectivity index (χ2n) is 5.40. The summed E-state index contributed by atoms with van der Waals surface area (Å²) in [6.07, 6.45) is 4.71. The molecule has 3 nitrogen and oxygen atoms in total. The standard InChI is InChI=1S/C15H22FNO2/c16-14-7-11(5-6-15(14)19)8-17-9-12-3-1-2-4-13(12)10-18/h5-7,12-13,17-19H,1-4,8-10H2. The Morgan fingerprint density at radius 1 is 1.21 bits per heavy atom. The minimum atomic E-state index is -0.579. The fourth-order valence-electron chi connectivity index (χ4n) is 2.86. The molecule has 2 unspecified atom stereocenters. The van der Waals surface area contributed by atoms with Gasteiger partial charge < -0.3 is 15.5 Å². The van der Waals surface area contributed by atoms with Gasteiger partial charge in [-0.05, 0) is 48.9 Å². The number of hydrogen-bond donors (Lipinski definition) is 3. The Kier molecular flexibility index (Phi) is 5.16. The maximum absolute atomic E-state index is 13.2. The number of aliphatic hydroxyl groups is 1. The highest BCUT2D eigenvalue weighted by molar-refractivity contribution is 5.27. The number of phenolic OH excluding ortho intramolecular Hbond substituents is 1. The van der Waals surface area contributed by atoms with Gasteiger partial charge in [-0.3, -0.25) is 0 Å². The van der Waals surface area contributed by atoms with Gasteiger partial charge in [0, 0.05) is 13.2 Å². The SMILES string of the molecule is OCC1CCCCC1CNCc1ccc(O)c(F)c1. The number of aliphatic hydroxyl groups excluding tert-OH is 1. The normalized spacial score (nSPS) is 23.5. The smallest absolute Gasteiger partial charge is 0.165 e. The van der Waals surface area contributed by atoms with Crippen LogP contribution in [0.4, 0.5) is 4.39 Å². The molecule has 106 valence electrons. The van der Waals surface area contributed by atoms with Crippen molar-refractivity contribution >= 4 is 0 Å². The molecule has 0 radical (unpaired) electrons. The summed E-state index contributed by atoms with van der Waals surface area (Å²) in [4.78, 5) is 0. The largest absolute Gasteiger partial charge is 0.505 e. The molecule has 0 spiro atoms. The minimum absolute atomic E-state index is 0.264. The Morgan fingerprint density at radius 3 is 2.63 bits per heavy atom. The molecule has 2 rings (SSSR count). The third-order valence-electron chi connectivity index (χ3n) is 4.05. The first kappa shape index (κ1) is 14.3. The van der Waals surface area contributed by atoms with E-state index in [1.165, 1.54) is 25.0 Å².